The van der Waals surface area contributed by atoms with Gasteiger partial charge < -0.3 is 15.7 Å². The number of amides is 1. The molecular formula is C34H38ClF3N4O3. The molecule has 0 bridgehead atoms. The van der Waals surface area contributed by atoms with Gasteiger partial charge in [-0.05, 0) is 48.6 Å². The Kier molecular flexibility index (Phi) is 11.8. The summed E-state index contributed by atoms with van der Waals surface area (Å²) in [4.78, 5) is 31.8. The van der Waals surface area contributed by atoms with Gasteiger partial charge in [-0.25, -0.2) is 4.98 Å². The van der Waals surface area contributed by atoms with Crippen LogP contribution < -0.4 is 16.2 Å². The van der Waals surface area contributed by atoms with Gasteiger partial charge in [0.05, 0.1) is 40.5 Å². The van der Waals surface area contributed by atoms with Crippen molar-refractivity contribution in [2.45, 2.75) is 76.9 Å². The number of carbonyl (C=O) groups is 1. The first kappa shape index (κ1) is 34.1. The Morgan fingerprint density at radius 3 is 2.36 bits per heavy atom. The van der Waals surface area contributed by atoms with E-state index >= 15 is 0 Å². The van der Waals surface area contributed by atoms with Crippen LogP contribution in [0.1, 0.15) is 72.6 Å². The van der Waals surface area contributed by atoms with Crippen molar-refractivity contribution in [3.05, 3.63) is 111 Å². The van der Waals surface area contributed by atoms with E-state index in [-0.39, 0.29) is 52.6 Å². The lowest BCUT2D eigenvalue weighted by Crippen LogP contribution is -2.48. The van der Waals surface area contributed by atoms with Crippen molar-refractivity contribution in [1.82, 2.24) is 20.2 Å². The van der Waals surface area contributed by atoms with Gasteiger partial charge in [0, 0.05) is 24.2 Å². The van der Waals surface area contributed by atoms with Crippen molar-refractivity contribution >= 4 is 28.4 Å². The molecule has 0 radical (unpaired) electrons. The summed E-state index contributed by atoms with van der Waals surface area (Å²) in [7, 11) is 0. The van der Waals surface area contributed by atoms with Crippen molar-refractivity contribution in [2.24, 2.45) is 0 Å². The number of benzene rings is 3. The normalized spacial score (nSPS) is 13.2. The maximum Gasteiger partial charge on any atom is 0.416 e. The third kappa shape index (κ3) is 8.93. The summed E-state index contributed by atoms with van der Waals surface area (Å²) in [6.45, 7) is 4.19. The molecule has 2 atom stereocenters. The molecule has 0 fully saturated rings. The van der Waals surface area contributed by atoms with Crippen LogP contribution in [0.25, 0.3) is 10.9 Å². The monoisotopic (exact) mass is 642 g/mol. The summed E-state index contributed by atoms with van der Waals surface area (Å²) in [5.74, 6) is -0.566. The fourth-order valence-corrected chi connectivity index (χ4v) is 5.71. The van der Waals surface area contributed by atoms with Crippen LogP contribution in [0.2, 0.25) is 5.02 Å². The van der Waals surface area contributed by atoms with Crippen molar-refractivity contribution in [1.29, 1.82) is 0 Å². The van der Waals surface area contributed by atoms with Crippen molar-refractivity contribution in [2.75, 3.05) is 6.54 Å². The minimum Gasteiger partial charge on any atom is -0.390 e. The summed E-state index contributed by atoms with van der Waals surface area (Å²) in [6.07, 6.45) is -0.381. The van der Waals surface area contributed by atoms with E-state index < -0.39 is 29.8 Å². The van der Waals surface area contributed by atoms with Crippen molar-refractivity contribution < 1.29 is 23.1 Å². The SMILES string of the molecule is CCCC(CCC)n1cnc2c(C(=O)N[C@@H](Cc3ccccc3)[C@@H](O)CNCc3cccc(C(F)(F)F)c3)cc(Cl)cc2c1=O. The summed E-state index contributed by atoms with van der Waals surface area (Å²) < 4.78 is 41.0. The van der Waals surface area contributed by atoms with E-state index in [1.165, 1.54) is 24.5 Å². The van der Waals surface area contributed by atoms with E-state index in [4.69, 9.17) is 11.6 Å². The number of rotatable bonds is 14. The van der Waals surface area contributed by atoms with Crippen LogP contribution in [0.4, 0.5) is 13.2 Å². The van der Waals surface area contributed by atoms with Gasteiger partial charge in [0.15, 0.2) is 0 Å². The number of hydrogen-bond donors (Lipinski definition) is 3. The Hall–Kier alpha value is -3.73. The van der Waals surface area contributed by atoms with Gasteiger partial charge in [-0.1, -0.05) is 86.8 Å². The first-order valence-corrected chi connectivity index (χ1v) is 15.5. The van der Waals surface area contributed by atoms with Gasteiger partial charge in [0.1, 0.15) is 0 Å². The lowest BCUT2D eigenvalue weighted by atomic mass is 10.00. The summed E-state index contributed by atoms with van der Waals surface area (Å²) in [5.41, 5.74) is 0.546. The number of nitrogens with one attached hydrogen (secondary N) is 2. The molecule has 3 N–H and O–H groups in total. The average Bonchev–Trinajstić information content (AvgIpc) is 3.01. The number of nitrogens with zero attached hydrogens (tertiary/aromatic N) is 2. The Bertz CT molecular complexity index is 1640. The Labute approximate surface area is 265 Å². The number of alkyl halides is 3. The molecule has 3 aromatic carbocycles. The second-order valence-electron chi connectivity index (χ2n) is 11.2. The predicted octanol–water partition coefficient (Wildman–Crippen LogP) is 6.70. The zero-order valence-electron chi connectivity index (χ0n) is 25.3. The average molecular weight is 643 g/mol. The van der Waals surface area contributed by atoms with Gasteiger partial charge in [-0.3, -0.25) is 14.2 Å². The van der Waals surface area contributed by atoms with Gasteiger partial charge in [-0.2, -0.15) is 13.2 Å². The van der Waals surface area contributed by atoms with E-state index in [2.05, 4.69) is 29.5 Å². The second kappa shape index (κ2) is 15.5. The molecule has 45 heavy (non-hydrogen) atoms. The smallest absolute Gasteiger partial charge is 0.390 e. The summed E-state index contributed by atoms with van der Waals surface area (Å²) >= 11 is 6.40. The van der Waals surface area contributed by atoms with Gasteiger partial charge in [-0.15, -0.1) is 0 Å². The molecule has 0 unspecified atom stereocenters. The van der Waals surface area contributed by atoms with Crippen LogP contribution in [0.5, 0.6) is 0 Å². The molecule has 4 rings (SSSR count). The lowest BCUT2D eigenvalue weighted by molar-refractivity contribution is -0.137. The highest BCUT2D eigenvalue weighted by molar-refractivity contribution is 6.32. The standard InChI is InChI=1S/C34H38ClF3N4O3/c1-3-9-26(10-4-2)42-21-40-31-27(17-25(35)18-28(31)33(42)45)32(44)41-29(16-22-11-6-5-7-12-22)30(43)20-39-19-23-13-8-14-24(15-23)34(36,37)38/h5-8,11-15,17-18,21,26,29-30,39,43H,3-4,9-10,16,19-20H2,1-2H3,(H,41,44)/t29-,30-/m0/s1. The maximum atomic E-state index is 13.7. The Morgan fingerprint density at radius 1 is 1.00 bits per heavy atom. The fourth-order valence-electron chi connectivity index (χ4n) is 5.50. The van der Waals surface area contributed by atoms with E-state index in [0.29, 0.717) is 5.56 Å². The first-order valence-electron chi connectivity index (χ1n) is 15.1. The summed E-state index contributed by atoms with van der Waals surface area (Å²) in [5, 5.41) is 17.5. The molecule has 11 heteroatoms. The maximum absolute atomic E-state index is 13.7. The minimum absolute atomic E-state index is 0.0104. The quantitative estimate of drug-likeness (QED) is 0.142. The predicted molar refractivity (Wildman–Crippen MR) is 170 cm³/mol. The molecule has 0 aliphatic carbocycles. The number of halogens is 4. The highest BCUT2D eigenvalue weighted by Gasteiger charge is 2.30. The molecule has 7 nitrogen and oxygen atoms in total. The van der Waals surface area contributed by atoms with Crippen LogP contribution in [-0.2, 0) is 19.1 Å². The number of aliphatic hydroxyl groups excluding tert-OH is 1. The highest BCUT2D eigenvalue weighted by Crippen LogP contribution is 2.29. The number of hydrogen-bond acceptors (Lipinski definition) is 5. The number of aliphatic hydroxyl groups is 1. The van der Waals surface area contributed by atoms with Crippen molar-refractivity contribution in [3.63, 3.8) is 0 Å². The van der Waals surface area contributed by atoms with Gasteiger partial charge in [0.25, 0.3) is 11.5 Å². The van der Waals surface area contributed by atoms with Crippen LogP contribution >= 0.6 is 11.6 Å². The molecule has 0 aliphatic rings. The molecule has 0 saturated carbocycles. The van der Waals surface area contributed by atoms with Crippen LogP contribution in [-0.4, -0.2) is 39.3 Å². The van der Waals surface area contributed by atoms with Crippen LogP contribution in [0, 0.1) is 0 Å². The van der Waals surface area contributed by atoms with Crippen LogP contribution in [0.3, 0.4) is 0 Å². The van der Waals surface area contributed by atoms with E-state index in [9.17, 15) is 27.9 Å². The molecule has 0 spiro atoms. The Balaban J connectivity index is 1.57. The molecular weight excluding hydrogens is 605 g/mol. The molecule has 1 amide bonds. The largest absolute Gasteiger partial charge is 0.416 e. The molecule has 0 saturated heterocycles. The third-order valence-corrected chi connectivity index (χ3v) is 7.97. The van der Waals surface area contributed by atoms with Gasteiger partial charge >= 0.3 is 6.18 Å². The molecule has 240 valence electrons. The fraction of sp³-hybridized carbons (Fsp3) is 0.382. The zero-order valence-corrected chi connectivity index (χ0v) is 26.0. The second-order valence-corrected chi connectivity index (χ2v) is 11.6. The summed E-state index contributed by atoms with van der Waals surface area (Å²) in [6, 6.07) is 16.4. The minimum atomic E-state index is -4.46. The van der Waals surface area contributed by atoms with Crippen LogP contribution in [0.15, 0.2) is 77.9 Å². The molecule has 0 aliphatic heterocycles. The number of aromatic nitrogens is 2. The topological polar surface area (TPSA) is 96.2 Å². The lowest BCUT2D eigenvalue weighted by Gasteiger charge is -2.25. The molecule has 4 aromatic rings. The highest BCUT2D eigenvalue weighted by atomic mass is 35.5. The first-order chi connectivity index (χ1) is 21.5. The van der Waals surface area contributed by atoms with E-state index in [1.807, 2.05) is 30.3 Å². The third-order valence-electron chi connectivity index (χ3n) is 7.75. The Morgan fingerprint density at radius 2 is 1.69 bits per heavy atom. The van der Waals surface area contributed by atoms with Gasteiger partial charge in [0.2, 0.25) is 0 Å². The van der Waals surface area contributed by atoms with E-state index in [1.54, 1.807) is 10.6 Å². The van der Waals surface area contributed by atoms with Crippen molar-refractivity contribution in [3.8, 4) is 0 Å². The van der Waals surface area contributed by atoms with E-state index in [0.717, 1.165) is 43.4 Å². The number of fused-ring (bicyclic) bond motifs is 1. The molecule has 1 aromatic heterocycles. The molecule has 1 heterocycles. The zero-order chi connectivity index (χ0) is 32.6. The number of carbonyl (C=O) groups excluding carboxylic acids is 1.